The maximum Gasteiger partial charge on any atom is 0.243 e. The van der Waals surface area contributed by atoms with Crippen molar-refractivity contribution in [2.45, 2.75) is 25.2 Å². The van der Waals surface area contributed by atoms with E-state index in [0.717, 1.165) is 6.42 Å². The first-order valence-corrected chi connectivity index (χ1v) is 8.28. The highest BCUT2D eigenvalue weighted by atomic mass is 35.5. The molecule has 21 heavy (non-hydrogen) atoms. The Bertz CT molecular complexity index is 579. The first kappa shape index (κ1) is 18.2. The van der Waals surface area contributed by atoms with E-state index in [1.54, 1.807) is 24.3 Å². The van der Waals surface area contributed by atoms with Crippen LogP contribution in [0.2, 0.25) is 0 Å². The molecule has 7 heteroatoms. The number of hydrogen-bond donors (Lipinski definition) is 1. The smallest absolute Gasteiger partial charge is 0.243 e. The predicted molar refractivity (Wildman–Crippen MR) is 85.4 cm³/mol. The van der Waals surface area contributed by atoms with Gasteiger partial charge in [0.05, 0.1) is 11.5 Å². The van der Waals surface area contributed by atoms with Crippen LogP contribution in [0.1, 0.15) is 20.3 Å². The van der Waals surface area contributed by atoms with Crippen LogP contribution in [0.3, 0.4) is 0 Å². The fourth-order valence-corrected chi connectivity index (χ4v) is 4.02. The third-order valence-corrected chi connectivity index (χ3v) is 5.61. The van der Waals surface area contributed by atoms with Crippen molar-refractivity contribution < 1.29 is 13.2 Å². The van der Waals surface area contributed by atoms with Gasteiger partial charge in [-0.15, -0.1) is 12.4 Å². The van der Waals surface area contributed by atoms with E-state index >= 15 is 0 Å². The summed E-state index contributed by atoms with van der Waals surface area (Å²) in [5, 5.41) is 0. The molecule has 0 aliphatic carbocycles. The van der Waals surface area contributed by atoms with Gasteiger partial charge in [0.15, 0.2) is 0 Å². The third kappa shape index (κ3) is 3.88. The largest absolute Gasteiger partial charge is 0.494 e. The molecule has 0 radical (unpaired) electrons. The van der Waals surface area contributed by atoms with Gasteiger partial charge in [-0.1, -0.05) is 13.0 Å². The van der Waals surface area contributed by atoms with Gasteiger partial charge in [-0.2, -0.15) is 4.31 Å². The first-order chi connectivity index (χ1) is 9.41. The molecule has 1 aromatic rings. The van der Waals surface area contributed by atoms with Crippen molar-refractivity contribution in [3.8, 4) is 5.75 Å². The normalized spacial score (nSPS) is 22.8. The van der Waals surface area contributed by atoms with Gasteiger partial charge in [-0.05, 0) is 37.4 Å². The fraction of sp³-hybridized carbons (Fsp3) is 0.571. The molecule has 1 aliphatic heterocycles. The lowest BCUT2D eigenvalue weighted by molar-refractivity contribution is 0.338. The number of sulfonamides is 1. The third-order valence-electron chi connectivity index (χ3n) is 3.77. The van der Waals surface area contributed by atoms with E-state index in [1.807, 2.05) is 13.8 Å². The minimum Gasteiger partial charge on any atom is -0.494 e. The average Bonchev–Trinajstić information content (AvgIpc) is 2.84. The van der Waals surface area contributed by atoms with E-state index in [-0.39, 0.29) is 22.7 Å². The molecule has 2 rings (SSSR count). The van der Waals surface area contributed by atoms with Crippen molar-refractivity contribution in [3.05, 3.63) is 24.3 Å². The lowest BCUT2D eigenvalue weighted by Gasteiger charge is -2.22. The summed E-state index contributed by atoms with van der Waals surface area (Å²) >= 11 is 0. The number of ether oxygens (including phenoxy) is 1. The van der Waals surface area contributed by atoms with Crippen LogP contribution in [0.15, 0.2) is 29.2 Å². The van der Waals surface area contributed by atoms with Crippen molar-refractivity contribution in [1.82, 2.24) is 4.31 Å². The van der Waals surface area contributed by atoms with Crippen molar-refractivity contribution in [2.75, 3.05) is 26.2 Å². The highest BCUT2D eigenvalue weighted by molar-refractivity contribution is 7.89. The summed E-state index contributed by atoms with van der Waals surface area (Å²) in [6.45, 7) is 5.91. The van der Waals surface area contributed by atoms with Crippen molar-refractivity contribution in [2.24, 2.45) is 11.1 Å². The second-order valence-corrected chi connectivity index (χ2v) is 7.45. The van der Waals surface area contributed by atoms with Crippen LogP contribution in [-0.2, 0) is 10.0 Å². The standard InChI is InChI=1S/C14H22N2O3S.ClH/c1-3-19-12-5-4-6-13(9-12)20(17,18)16-8-7-14(2,10-15)11-16;/h4-6,9H,3,7-8,10-11,15H2,1-2H3;1H. The van der Waals surface area contributed by atoms with Crippen LogP contribution in [0, 0.1) is 5.41 Å². The quantitative estimate of drug-likeness (QED) is 0.892. The van der Waals surface area contributed by atoms with E-state index in [1.165, 1.54) is 4.31 Å². The Kier molecular flexibility index (Phi) is 6.04. The minimum absolute atomic E-state index is 0. The highest BCUT2D eigenvalue weighted by Gasteiger charge is 2.39. The van der Waals surface area contributed by atoms with Gasteiger partial charge in [0, 0.05) is 19.2 Å². The molecular formula is C14H23ClN2O3S. The summed E-state index contributed by atoms with van der Waals surface area (Å²) in [5.74, 6) is 0.578. The Labute approximate surface area is 132 Å². The summed E-state index contributed by atoms with van der Waals surface area (Å²) in [6.07, 6.45) is 0.799. The molecule has 0 amide bonds. The zero-order chi connectivity index (χ0) is 14.8. The number of rotatable bonds is 5. The summed E-state index contributed by atoms with van der Waals surface area (Å²) in [5.41, 5.74) is 5.61. The molecule has 5 nitrogen and oxygen atoms in total. The lowest BCUT2D eigenvalue weighted by atomic mass is 9.90. The van der Waals surface area contributed by atoms with Gasteiger partial charge in [-0.3, -0.25) is 0 Å². The SMILES string of the molecule is CCOc1cccc(S(=O)(=O)N2CCC(C)(CN)C2)c1.Cl. The Hall–Kier alpha value is -0.820. The molecule has 1 atom stereocenters. The van der Waals surface area contributed by atoms with Crippen LogP contribution in [-0.4, -0.2) is 39.0 Å². The Morgan fingerprint density at radius 3 is 2.71 bits per heavy atom. The van der Waals surface area contributed by atoms with Crippen molar-refractivity contribution in [3.63, 3.8) is 0 Å². The Balaban J connectivity index is 0.00000220. The van der Waals surface area contributed by atoms with Crippen LogP contribution in [0.25, 0.3) is 0 Å². The Morgan fingerprint density at radius 2 is 2.14 bits per heavy atom. The van der Waals surface area contributed by atoms with Gasteiger partial charge in [-0.25, -0.2) is 8.42 Å². The molecule has 0 spiro atoms. The summed E-state index contributed by atoms with van der Waals surface area (Å²) in [7, 11) is -3.46. The zero-order valence-corrected chi connectivity index (χ0v) is 14.0. The van der Waals surface area contributed by atoms with Gasteiger partial charge in [0.1, 0.15) is 5.75 Å². The minimum atomic E-state index is -3.46. The van der Waals surface area contributed by atoms with Gasteiger partial charge >= 0.3 is 0 Å². The van der Waals surface area contributed by atoms with E-state index in [0.29, 0.717) is 32.0 Å². The second kappa shape index (κ2) is 6.96. The van der Waals surface area contributed by atoms with E-state index in [4.69, 9.17) is 10.5 Å². The highest BCUT2D eigenvalue weighted by Crippen LogP contribution is 2.33. The van der Waals surface area contributed by atoms with Crippen LogP contribution in [0.4, 0.5) is 0 Å². The predicted octanol–water partition coefficient (Wildman–Crippen LogP) is 1.87. The van der Waals surface area contributed by atoms with E-state index in [2.05, 4.69) is 0 Å². The molecule has 0 aromatic heterocycles. The number of benzene rings is 1. The average molecular weight is 335 g/mol. The summed E-state index contributed by atoms with van der Waals surface area (Å²) in [6, 6.07) is 6.65. The maximum atomic E-state index is 12.6. The molecule has 0 bridgehead atoms. The zero-order valence-electron chi connectivity index (χ0n) is 12.4. The van der Waals surface area contributed by atoms with Crippen LogP contribution < -0.4 is 10.5 Å². The van der Waals surface area contributed by atoms with Gasteiger partial charge < -0.3 is 10.5 Å². The molecule has 0 saturated carbocycles. The molecule has 1 fully saturated rings. The van der Waals surface area contributed by atoms with E-state index in [9.17, 15) is 8.42 Å². The number of nitrogens with zero attached hydrogens (tertiary/aromatic N) is 1. The Morgan fingerprint density at radius 1 is 1.43 bits per heavy atom. The molecule has 1 aliphatic rings. The number of hydrogen-bond acceptors (Lipinski definition) is 4. The van der Waals surface area contributed by atoms with Gasteiger partial charge in [0.25, 0.3) is 0 Å². The van der Waals surface area contributed by atoms with E-state index < -0.39 is 10.0 Å². The molecule has 1 unspecified atom stereocenters. The molecular weight excluding hydrogens is 312 g/mol. The lowest BCUT2D eigenvalue weighted by Crippen LogP contribution is -2.34. The molecule has 2 N–H and O–H groups in total. The van der Waals surface area contributed by atoms with Crippen molar-refractivity contribution >= 4 is 22.4 Å². The topological polar surface area (TPSA) is 72.6 Å². The molecule has 1 aromatic carbocycles. The fourth-order valence-electron chi connectivity index (χ4n) is 2.39. The molecule has 1 heterocycles. The van der Waals surface area contributed by atoms with Gasteiger partial charge in [0.2, 0.25) is 10.0 Å². The van der Waals surface area contributed by atoms with Crippen molar-refractivity contribution in [1.29, 1.82) is 0 Å². The number of halogens is 1. The molecule has 1 saturated heterocycles. The first-order valence-electron chi connectivity index (χ1n) is 6.84. The van der Waals surface area contributed by atoms with Crippen LogP contribution >= 0.6 is 12.4 Å². The van der Waals surface area contributed by atoms with Crippen LogP contribution in [0.5, 0.6) is 5.75 Å². The number of nitrogens with two attached hydrogens (primary N) is 1. The summed E-state index contributed by atoms with van der Waals surface area (Å²) < 4.78 is 32.1. The second-order valence-electron chi connectivity index (χ2n) is 5.51. The molecule has 120 valence electrons. The monoisotopic (exact) mass is 334 g/mol. The summed E-state index contributed by atoms with van der Waals surface area (Å²) in [4.78, 5) is 0.282. The maximum absolute atomic E-state index is 12.6.